The highest BCUT2D eigenvalue weighted by Gasteiger charge is 2.16. The van der Waals surface area contributed by atoms with E-state index in [1.165, 1.54) is 20.5 Å². The molecule has 10 heteroatoms. The van der Waals surface area contributed by atoms with Crippen LogP contribution in [0.5, 0.6) is 11.5 Å². The van der Waals surface area contributed by atoms with Crippen LogP contribution in [0.25, 0.3) is 5.78 Å². The highest BCUT2D eigenvalue weighted by atomic mass is 16.5. The second-order valence-corrected chi connectivity index (χ2v) is 6.19. The summed E-state index contributed by atoms with van der Waals surface area (Å²) in [5.74, 6) is 0.472. The number of carbonyl (C=O) groups excluding carboxylic acids is 2. The van der Waals surface area contributed by atoms with Gasteiger partial charge < -0.3 is 19.5 Å². The molecule has 29 heavy (non-hydrogen) atoms. The smallest absolute Gasteiger partial charge is 0.310 e. The van der Waals surface area contributed by atoms with Gasteiger partial charge in [0.2, 0.25) is 0 Å². The number of aromatic nitrogens is 4. The zero-order valence-electron chi connectivity index (χ0n) is 16.6. The van der Waals surface area contributed by atoms with E-state index in [0.29, 0.717) is 34.2 Å². The van der Waals surface area contributed by atoms with Crippen LogP contribution in [0.2, 0.25) is 0 Å². The molecule has 0 saturated heterocycles. The summed E-state index contributed by atoms with van der Waals surface area (Å²) in [7, 11) is 3.02. The van der Waals surface area contributed by atoms with E-state index in [2.05, 4.69) is 20.4 Å². The quantitative estimate of drug-likeness (QED) is 0.594. The van der Waals surface area contributed by atoms with Crippen molar-refractivity contribution in [3.05, 3.63) is 41.5 Å². The summed E-state index contributed by atoms with van der Waals surface area (Å²) in [5.41, 5.74) is 2.59. The van der Waals surface area contributed by atoms with E-state index in [4.69, 9.17) is 14.2 Å². The Morgan fingerprint density at radius 3 is 2.62 bits per heavy atom. The number of carbonyl (C=O) groups is 2. The molecule has 3 aromatic rings. The molecule has 2 heterocycles. The molecule has 3 rings (SSSR count). The molecular weight excluding hydrogens is 378 g/mol. The third-order valence-corrected chi connectivity index (χ3v) is 4.34. The van der Waals surface area contributed by atoms with Crippen LogP contribution in [0.3, 0.4) is 0 Å². The topological polar surface area (TPSA) is 117 Å². The Hall–Kier alpha value is -3.69. The lowest BCUT2D eigenvalue weighted by Crippen LogP contribution is -2.22. The number of nitrogens with one attached hydrogen (secondary N) is 1. The average molecular weight is 399 g/mol. The number of hydrogen-bond acceptors (Lipinski definition) is 8. The maximum atomic E-state index is 12.2. The summed E-state index contributed by atoms with van der Waals surface area (Å²) >= 11 is 0. The van der Waals surface area contributed by atoms with Crippen molar-refractivity contribution >= 4 is 23.3 Å². The highest BCUT2D eigenvalue weighted by Crippen LogP contribution is 2.29. The Labute approximate surface area is 166 Å². The number of anilines is 1. The molecule has 0 radical (unpaired) electrons. The molecule has 0 unspecified atom stereocenters. The molecule has 0 aliphatic rings. The predicted octanol–water partition coefficient (Wildman–Crippen LogP) is 1.48. The van der Waals surface area contributed by atoms with Crippen molar-refractivity contribution in [2.24, 2.45) is 0 Å². The first-order valence-corrected chi connectivity index (χ1v) is 8.76. The number of rotatable bonds is 7. The van der Waals surface area contributed by atoms with Crippen molar-refractivity contribution in [2.45, 2.75) is 20.3 Å². The van der Waals surface area contributed by atoms with Crippen LogP contribution in [0, 0.1) is 13.8 Å². The van der Waals surface area contributed by atoms with Crippen LogP contribution in [-0.2, 0) is 20.7 Å². The molecule has 1 N–H and O–H groups in total. The van der Waals surface area contributed by atoms with Crippen LogP contribution in [0.1, 0.15) is 17.0 Å². The number of hydrogen-bond donors (Lipinski definition) is 1. The van der Waals surface area contributed by atoms with Crippen LogP contribution < -0.4 is 14.8 Å². The molecule has 0 aliphatic carbocycles. The third kappa shape index (κ3) is 4.42. The van der Waals surface area contributed by atoms with Gasteiger partial charge in [0.25, 0.3) is 11.7 Å². The Morgan fingerprint density at radius 2 is 1.90 bits per heavy atom. The molecule has 10 nitrogen and oxygen atoms in total. The number of fused-ring (bicyclic) bond motifs is 1. The number of ether oxygens (including phenoxy) is 3. The van der Waals surface area contributed by atoms with Gasteiger partial charge in [0, 0.05) is 28.7 Å². The predicted molar refractivity (Wildman–Crippen MR) is 103 cm³/mol. The number of aryl methyl sites for hydroxylation is 2. The lowest BCUT2D eigenvalue weighted by atomic mass is 10.1. The average Bonchev–Trinajstić information content (AvgIpc) is 3.18. The Morgan fingerprint density at radius 1 is 1.14 bits per heavy atom. The first kappa shape index (κ1) is 20.1. The van der Waals surface area contributed by atoms with Crippen molar-refractivity contribution in [3.63, 3.8) is 0 Å². The normalized spacial score (nSPS) is 10.6. The summed E-state index contributed by atoms with van der Waals surface area (Å²) < 4.78 is 17.0. The van der Waals surface area contributed by atoms with Gasteiger partial charge in [-0.1, -0.05) is 0 Å². The monoisotopic (exact) mass is 399 g/mol. The molecule has 1 amide bonds. The summed E-state index contributed by atoms with van der Waals surface area (Å²) in [4.78, 5) is 32.7. The van der Waals surface area contributed by atoms with Gasteiger partial charge in [-0.25, -0.2) is 9.50 Å². The molecule has 152 valence electrons. The molecule has 2 aromatic heterocycles. The second kappa shape index (κ2) is 8.55. The largest absolute Gasteiger partial charge is 0.493 e. The van der Waals surface area contributed by atoms with Crippen LogP contribution in [0.4, 0.5) is 5.69 Å². The summed E-state index contributed by atoms with van der Waals surface area (Å²) in [5, 5.41) is 6.73. The van der Waals surface area contributed by atoms with Gasteiger partial charge in [-0.05, 0) is 26.0 Å². The molecule has 0 aliphatic heterocycles. The van der Waals surface area contributed by atoms with Crippen molar-refractivity contribution in [2.75, 3.05) is 26.1 Å². The summed E-state index contributed by atoms with van der Waals surface area (Å²) in [6.45, 7) is 3.20. The van der Waals surface area contributed by atoms with E-state index in [1.807, 2.05) is 6.92 Å². The van der Waals surface area contributed by atoms with E-state index in [-0.39, 0.29) is 6.42 Å². The van der Waals surface area contributed by atoms with Crippen molar-refractivity contribution < 1.29 is 23.8 Å². The van der Waals surface area contributed by atoms with E-state index in [0.717, 1.165) is 5.69 Å². The molecule has 0 bridgehead atoms. The van der Waals surface area contributed by atoms with Crippen LogP contribution in [0.15, 0.2) is 24.5 Å². The first-order valence-electron chi connectivity index (χ1n) is 8.76. The zero-order valence-corrected chi connectivity index (χ0v) is 16.6. The van der Waals surface area contributed by atoms with Crippen molar-refractivity contribution in [1.29, 1.82) is 0 Å². The molecule has 0 saturated carbocycles. The van der Waals surface area contributed by atoms with Gasteiger partial charge in [-0.3, -0.25) is 9.59 Å². The Kier molecular flexibility index (Phi) is 5.91. The standard InChI is InChI=1S/C19H21N5O5/c1-11-14(12(2)24-19(22-11)20-10-21-24)8-18(26)29-9-17(25)23-13-5-6-15(27-3)16(7-13)28-4/h5-7,10H,8-9H2,1-4H3,(H,23,25). The van der Waals surface area contributed by atoms with E-state index in [1.54, 1.807) is 29.6 Å². The maximum absolute atomic E-state index is 12.2. The number of esters is 1. The van der Waals surface area contributed by atoms with Gasteiger partial charge in [0.15, 0.2) is 18.1 Å². The van der Waals surface area contributed by atoms with Crippen LogP contribution in [-0.4, -0.2) is 52.3 Å². The number of amides is 1. The Bertz CT molecular complexity index is 1060. The van der Waals surface area contributed by atoms with Crippen LogP contribution >= 0.6 is 0 Å². The lowest BCUT2D eigenvalue weighted by Gasteiger charge is -2.12. The van der Waals surface area contributed by atoms with Gasteiger partial charge in [-0.15, -0.1) is 0 Å². The van der Waals surface area contributed by atoms with Crippen molar-refractivity contribution in [1.82, 2.24) is 19.6 Å². The number of nitrogens with zero attached hydrogens (tertiary/aromatic N) is 4. The highest BCUT2D eigenvalue weighted by molar-refractivity contribution is 5.93. The second-order valence-electron chi connectivity index (χ2n) is 6.19. The van der Waals surface area contributed by atoms with Gasteiger partial charge in [-0.2, -0.15) is 10.1 Å². The summed E-state index contributed by atoms with van der Waals surface area (Å²) in [6.07, 6.45) is 1.37. The minimum absolute atomic E-state index is 0.0237. The van der Waals surface area contributed by atoms with Gasteiger partial charge in [0.1, 0.15) is 6.33 Å². The van der Waals surface area contributed by atoms with Gasteiger partial charge >= 0.3 is 5.97 Å². The first-order chi connectivity index (χ1) is 13.9. The van der Waals surface area contributed by atoms with E-state index >= 15 is 0 Å². The third-order valence-electron chi connectivity index (χ3n) is 4.34. The molecule has 0 fully saturated rings. The fourth-order valence-corrected chi connectivity index (χ4v) is 2.86. The molecule has 0 atom stereocenters. The minimum Gasteiger partial charge on any atom is -0.493 e. The SMILES string of the molecule is COc1ccc(NC(=O)COC(=O)Cc2c(C)nc3ncnn3c2C)cc1OC. The molecule has 0 spiro atoms. The maximum Gasteiger partial charge on any atom is 0.310 e. The van der Waals surface area contributed by atoms with Gasteiger partial charge in [0.05, 0.1) is 20.6 Å². The van der Waals surface area contributed by atoms with E-state index in [9.17, 15) is 9.59 Å². The lowest BCUT2D eigenvalue weighted by molar-refractivity contribution is -0.146. The summed E-state index contributed by atoms with van der Waals surface area (Å²) in [6, 6.07) is 4.94. The molecule has 1 aromatic carbocycles. The zero-order chi connectivity index (χ0) is 21.0. The fourth-order valence-electron chi connectivity index (χ4n) is 2.86. The molecular formula is C19H21N5O5. The number of methoxy groups -OCH3 is 2. The minimum atomic E-state index is -0.542. The van der Waals surface area contributed by atoms with E-state index < -0.39 is 18.5 Å². The number of benzene rings is 1. The van der Waals surface area contributed by atoms with Crippen molar-refractivity contribution in [3.8, 4) is 11.5 Å². The Balaban J connectivity index is 1.59. The fraction of sp³-hybridized carbons (Fsp3) is 0.316.